The van der Waals surface area contributed by atoms with E-state index in [9.17, 15) is 4.79 Å². The number of aryl methyl sites for hydroxylation is 1. The Morgan fingerprint density at radius 1 is 1.35 bits per heavy atom. The number of methoxy groups -OCH3 is 1. The average Bonchev–Trinajstić information content (AvgIpc) is 2.77. The Hall–Kier alpha value is -2.30. The fraction of sp³-hybridized carbons (Fsp3) is 0.167. The van der Waals surface area contributed by atoms with Crippen molar-refractivity contribution < 1.29 is 9.53 Å². The molecule has 0 saturated carbocycles. The molecule has 0 aliphatic heterocycles. The van der Waals surface area contributed by atoms with Crippen LogP contribution in [-0.4, -0.2) is 22.8 Å². The second-order valence-electron chi connectivity index (χ2n) is 3.53. The van der Waals surface area contributed by atoms with E-state index in [1.54, 1.807) is 43.2 Å². The highest BCUT2D eigenvalue weighted by Crippen LogP contribution is 2.23. The maximum Gasteiger partial charge on any atom is 0.276 e. The van der Waals surface area contributed by atoms with Crippen LogP contribution in [-0.2, 0) is 7.05 Å². The third-order valence-electron chi connectivity index (χ3n) is 2.30. The normalized spacial score (nSPS) is 10.0. The van der Waals surface area contributed by atoms with Crippen molar-refractivity contribution in [2.75, 3.05) is 12.4 Å². The minimum atomic E-state index is -0.255. The summed E-state index contributed by atoms with van der Waals surface area (Å²) in [6.07, 6.45) is 1.72. The summed E-state index contributed by atoms with van der Waals surface area (Å²) in [6.45, 7) is 0. The lowest BCUT2D eigenvalue weighted by atomic mass is 10.3. The summed E-state index contributed by atoms with van der Waals surface area (Å²) in [5.41, 5.74) is 1.00. The molecule has 0 fully saturated rings. The zero-order valence-corrected chi connectivity index (χ0v) is 9.68. The van der Waals surface area contributed by atoms with Crippen LogP contribution in [0.1, 0.15) is 10.5 Å². The van der Waals surface area contributed by atoms with Crippen molar-refractivity contribution in [1.29, 1.82) is 0 Å². The maximum atomic E-state index is 11.9. The number of nitrogens with one attached hydrogen (secondary N) is 1. The molecule has 0 aliphatic carbocycles. The van der Waals surface area contributed by atoms with E-state index >= 15 is 0 Å². The smallest absolute Gasteiger partial charge is 0.276 e. The van der Waals surface area contributed by atoms with Gasteiger partial charge in [0.2, 0.25) is 0 Å². The first kappa shape index (κ1) is 11.2. The molecule has 0 unspecified atom stereocenters. The number of para-hydroxylation sites is 2. The van der Waals surface area contributed by atoms with Crippen LogP contribution in [0.4, 0.5) is 5.69 Å². The van der Waals surface area contributed by atoms with Crippen LogP contribution in [0, 0.1) is 0 Å². The molecule has 1 aromatic carbocycles. The molecule has 5 heteroatoms. The summed E-state index contributed by atoms with van der Waals surface area (Å²) in [5, 5.41) is 6.78. The van der Waals surface area contributed by atoms with Crippen LogP contribution in [0.2, 0.25) is 0 Å². The first-order chi connectivity index (χ1) is 8.20. The van der Waals surface area contributed by atoms with E-state index in [1.807, 2.05) is 12.1 Å². The number of aromatic nitrogens is 2. The number of hydrogen-bond donors (Lipinski definition) is 1. The molecular formula is C12H13N3O2. The minimum Gasteiger partial charge on any atom is -0.495 e. The number of carbonyl (C=O) groups is 1. The molecule has 1 heterocycles. The molecule has 5 nitrogen and oxygen atoms in total. The van der Waals surface area contributed by atoms with E-state index in [0.717, 1.165) is 0 Å². The van der Waals surface area contributed by atoms with Crippen molar-refractivity contribution in [3.63, 3.8) is 0 Å². The number of ether oxygens (including phenoxy) is 1. The van der Waals surface area contributed by atoms with Gasteiger partial charge >= 0.3 is 0 Å². The van der Waals surface area contributed by atoms with E-state index in [-0.39, 0.29) is 5.91 Å². The highest BCUT2D eigenvalue weighted by atomic mass is 16.5. The topological polar surface area (TPSA) is 56.1 Å². The van der Waals surface area contributed by atoms with Gasteiger partial charge in [0.15, 0.2) is 5.69 Å². The first-order valence-electron chi connectivity index (χ1n) is 5.14. The monoisotopic (exact) mass is 231 g/mol. The predicted molar refractivity (Wildman–Crippen MR) is 64.2 cm³/mol. The average molecular weight is 231 g/mol. The molecule has 17 heavy (non-hydrogen) atoms. The van der Waals surface area contributed by atoms with Gasteiger partial charge in [-0.3, -0.25) is 9.48 Å². The molecule has 1 aromatic heterocycles. The summed E-state index contributed by atoms with van der Waals surface area (Å²) in [7, 11) is 3.33. The Labute approximate surface area is 99.0 Å². The Kier molecular flexibility index (Phi) is 3.09. The zero-order valence-electron chi connectivity index (χ0n) is 9.68. The molecule has 0 saturated heterocycles. The summed E-state index contributed by atoms with van der Waals surface area (Å²) in [6, 6.07) is 8.89. The highest BCUT2D eigenvalue weighted by molar-refractivity contribution is 6.03. The second kappa shape index (κ2) is 4.69. The number of rotatable bonds is 3. The molecule has 0 aliphatic rings. The van der Waals surface area contributed by atoms with Crippen LogP contribution in [0.15, 0.2) is 36.5 Å². The Morgan fingerprint density at radius 2 is 2.12 bits per heavy atom. The quantitative estimate of drug-likeness (QED) is 0.874. The van der Waals surface area contributed by atoms with Crippen LogP contribution in [0.3, 0.4) is 0 Å². The lowest BCUT2D eigenvalue weighted by Crippen LogP contribution is -2.13. The predicted octanol–water partition coefficient (Wildman–Crippen LogP) is 1.68. The first-order valence-corrected chi connectivity index (χ1v) is 5.14. The third-order valence-corrected chi connectivity index (χ3v) is 2.30. The molecule has 0 radical (unpaired) electrons. The van der Waals surface area contributed by atoms with Gasteiger partial charge in [0.1, 0.15) is 5.75 Å². The zero-order chi connectivity index (χ0) is 12.3. The van der Waals surface area contributed by atoms with Gasteiger partial charge < -0.3 is 10.1 Å². The molecule has 0 bridgehead atoms. The lowest BCUT2D eigenvalue weighted by Gasteiger charge is -2.08. The lowest BCUT2D eigenvalue weighted by molar-refractivity contribution is 0.102. The van der Waals surface area contributed by atoms with Gasteiger partial charge in [0.05, 0.1) is 12.8 Å². The number of amides is 1. The number of benzene rings is 1. The molecule has 2 rings (SSSR count). The van der Waals surface area contributed by atoms with Crippen molar-refractivity contribution in [2.45, 2.75) is 0 Å². The van der Waals surface area contributed by atoms with Gasteiger partial charge in [0.25, 0.3) is 5.91 Å². The van der Waals surface area contributed by atoms with E-state index < -0.39 is 0 Å². The van der Waals surface area contributed by atoms with Crippen LogP contribution < -0.4 is 10.1 Å². The van der Waals surface area contributed by atoms with E-state index in [0.29, 0.717) is 17.1 Å². The Morgan fingerprint density at radius 3 is 2.76 bits per heavy atom. The van der Waals surface area contributed by atoms with E-state index in [1.165, 1.54) is 0 Å². The fourth-order valence-electron chi connectivity index (χ4n) is 1.47. The van der Waals surface area contributed by atoms with Crippen LogP contribution >= 0.6 is 0 Å². The van der Waals surface area contributed by atoms with Gasteiger partial charge in [-0.2, -0.15) is 5.10 Å². The van der Waals surface area contributed by atoms with E-state index in [4.69, 9.17) is 4.74 Å². The van der Waals surface area contributed by atoms with Gasteiger partial charge in [-0.25, -0.2) is 0 Å². The largest absolute Gasteiger partial charge is 0.495 e. The summed E-state index contributed by atoms with van der Waals surface area (Å²) < 4.78 is 6.73. The van der Waals surface area contributed by atoms with E-state index in [2.05, 4.69) is 10.4 Å². The molecule has 2 aromatic rings. The second-order valence-corrected chi connectivity index (χ2v) is 3.53. The summed E-state index contributed by atoms with van der Waals surface area (Å²) in [5.74, 6) is 0.367. The number of hydrogen-bond acceptors (Lipinski definition) is 3. The van der Waals surface area contributed by atoms with Gasteiger partial charge in [0, 0.05) is 13.2 Å². The molecule has 1 amide bonds. The SMILES string of the molecule is COc1ccccc1NC(=O)c1ccn(C)n1. The molecule has 88 valence electrons. The summed E-state index contributed by atoms with van der Waals surface area (Å²) >= 11 is 0. The van der Waals surface area contributed by atoms with Gasteiger partial charge in [-0.15, -0.1) is 0 Å². The van der Waals surface area contributed by atoms with Crippen LogP contribution in [0.5, 0.6) is 5.75 Å². The van der Waals surface area contributed by atoms with Crippen molar-refractivity contribution in [2.24, 2.45) is 7.05 Å². The van der Waals surface area contributed by atoms with Crippen molar-refractivity contribution >= 4 is 11.6 Å². The highest BCUT2D eigenvalue weighted by Gasteiger charge is 2.11. The standard InChI is InChI=1S/C12H13N3O2/c1-15-8-7-10(14-15)12(16)13-9-5-3-4-6-11(9)17-2/h3-8H,1-2H3,(H,13,16). The van der Waals surface area contributed by atoms with Crippen LogP contribution in [0.25, 0.3) is 0 Å². The molecule has 0 spiro atoms. The van der Waals surface area contributed by atoms with Gasteiger partial charge in [-0.1, -0.05) is 12.1 Å². The Balaban J connectivity index is 2.18. The van der Waals surface area contributed by atoms with Crippen molar-refractivity contribution in [3.05, 3.63) is 42.2 Å². The number of nitrogens with zero attached hydrogens (tertiary/aromatic N) is 2. The van der Waals surface area contributed by atoms with Crippen molar-refractivity contribution in [3.8, 4) is 5.75 Å². The summed E-state index contributed by atoms with van der Waals surface area (Å²) in [4.78, 5) is 11.9. The van der Waals surface area contributed by atoms with Gasteiger partial charge in [-0.05, 0) is 18.2 Å². The Bertz CT molecular complexity index is 534. The molecular weight excluding hydrogens is 218 g/mol. The molecule has 0 atom stereocenters. The minimum absolute atomic E-state index is 0.255. The number of carbonyl (C=O) groups excluding carboxylic acids is 1. The number of anilines is 1. The maximum absolute atomic E-state index is 11.9. The van der Waals surface area contributed by atoms with Crippen molar-refractivity contribution in [1.82, 2.24) is 9.78 Å². The third kappa shape index (κ3) is 2.44. The fourth-order valence-corrected chi connectivity index (χ4v) is 1.47. The molecule has 1 N–H and O–H groups in total.